The highest BCUT2D eigenvalue weighted by molar-refractivity contribution is 5.78. The third kappa shape index (κ3) is 2.59. The average molecular weight is 245 g/mol. The van der Waals surface area contributed by atoms with Crippen molar-refractivity contribution in [3.05, 3.63) is 24.0 Å². The highest BCUT2D eigenvalue weighted by atomic mass is 16.4. The van der Waals surface area contributed by atoms with Crippen LogP contribution in [0.1, 0.15) is 31.4 Å². The number of carboxylic acid groups (broad SMARTS) is 1. The molecular weight excluding hydrogens is 230 g/mol. The SMILES string of the molecule is N#Cc1ccc(N2CCCCCC2C(=O)O)cn1. The molecule has 18 heavy (non-hydrogen) atoms. The minimum absolute atomic E-state index is 0.348. The van der Waals surface area contributed by atoms with Gasteiger partial charge in [0.25, 0.3) is 0 Å². The van der Waals surface area contributed by atoms with E-state index >= 15 is 0 Å². The Morgan fingerprint density at radius 3 is 2.89 bits per heavy atom. The summed E-state index contributed by atoms with van der Waals surface area (Å²) in [5.41, 5.74) is 1.13. The van der Waals surface area contributed by atoms with Gasteiger partial charge in [0, 0.05) is 6.54 Å². The number of nitrogens with zero attached hydrogens (tertiary/aromatic N) is 3. The van der Waals surface area contributed by atoms with Crippen LogP contribution >= 0.6 is 0 Å². The molecule has 1 N–H and O–H groups in total. The average Bonchev–Trinajstić information content (AvgIpc) is 2.64. The van der Waals surface area contributed by atoms with Crippen molar-refractivity contribution < 1.29 is 9.90 Å². The van der Waals surface area contributed by atoms with Crippen molar-refractivity contribution >= 4 is 11.7 Å². The van der Waals surface area contributed by atoms with Gasteiger partial charge in [-0.2, -0.15) is 5.26 Å². The van der Waals surface area contributed by atoms with Crippen LogP contribution in [-0.4, -0.2) is 28.6 Å². The monoisotopic (exact) mass is 245 g/mol. The number of carboxylic acids is 1. The van der Waals surface area contributed by atoms with E-state index in [1.54, 1.807) is 18.3 Å². The molecule has 5 heteroatoms. The molecule has 94 valence electrons. The Morgan fingerprint density at radius 2 is 2.28 bits per heavy atom. The van der Waals surface area contributed by atoms with Crippen LogP contribution in [-0.2, 0) is 4.79 Å². The first-order chi connectivity index (χ1) is 8.72. The van der Waals surface area contributed by atoms with Crippen molar-refractivity contribution in [2.24, 2.45) is 0 Å². The fourth-order valence-corrected chi connectivity index (χ4v) is 2.30. The molecule has 0 radical (unpaired) electrons. The van der Waals surface area contributed by atoms with Crippen LogP contribution in [0.3, 0.4) is 0 Å². The molecule has 5 nitrogen and oxygen atoms in total. The number of hydrogen-bond acceptors (Lipinski definition) is 4. The molecule has 0 bridgehead atoms. The summed E-state index contributed by atoms with van der Waals surface area (Å²) in [4.78, 5) is 17.2. The fourth-order valence-electron chi connectivity index (χ4n) is 2.30. The molecule has 2 heterocycles. The molecular formula is C13H15N3O2. The van der Waals surface area contributed by atoms with Gasteiger partial charge >= 0.3 is 5.97 Å². The molecule has 1 unspecified atom stereocenters. The summed E-state index contributed by atoms with van der Waals surface area (Å²) in [5.74, 6) is -0.791. The maximum atomic E-state index is 11.3. The van der Waals surface area contributed by atoms with Crippen LogP contribution in [0.15, 0.2) is 18.3 Å². The lowest BCUT2D eigenvalue weighted by Gasteiger charge is -2.28. The lowest BCUT2D eigenvalue weighted by Crippen LogP contribution is -2.40. The second-order valence-electron chi connectivity index (χ2n) is 4.41. The van der Waals surface area contributed by atoms with Crippen LogP contribution in [0.5, 0.6) is 0 Å². The molecule has 1 aliphatic heterocycles. The standard InChI is InChI=1S/C13H15N3O2/c14-8-10-5-6-11(9-15-10)16-7-3-1-2-4-12(16)13(17)18/h5-6,9,12H,1-4,7H2,(H,17,18). The van der Waals surface area contributed by atoms with E-state index in [2.05, 4.69) is 4.98 Å². The van der Waals surface area contributed by atoms with Crippen molar-refractivity contribution in [1.29, 1.82) is 5.26 Å². The minimum Gasteiger partial charge on any atom is -0.480 e. The zero-order valence-electron chi connectivity index (χ0n) is 10.0. The number of aromatic nitrogens is 1. The van der Waals surface area contributed by atoms with Crippen molar-refractivity contribution in [3.8, 4) is 6.07 Å². The van der Waals surface area contributed by atoms with Gasteiger partial charge in [-0.3, -0.25) is 0 Å². The van der Waals surface area contributed by atoms with Crippen LogP contribution in [0.25, 0.3) is 0 Å². The molecule has 1 aromatic heterocycles. The summed E-state index contributed by atoms with van der Waals surface area (Å²) in [6.45, 7) is 0.727. The van der Waals surface area contributed by atoms with Crippen LogP contribution in [0.2, 0.25) is 0 Å². The summed E-state index contributed by atoms with van der Waals surface area (Å²) in [6.07, 6.45) is 5.24. The van der Waals surface area contributed by atoms with E-state index in [0.29, 0.717) is 12.1 Å². The number of anilines is 1. The number of pyridine rings is 1. The lowest BCUT2D eigenvalue weighted by atomic mass is 10.1. The van der Waals surface area contributed by atoms with E-state index in [-0.39, 0.29) is 0 Å². The van der Waals surface area contributed by atoms with Crippen LogP contribution in [0.4, 0.5) is 5.69 Å². The maximum Gasteiger partial charge on any atom is 0.326 e. The number of carbonyl (C=O) groups is 1. The highest BCUT2D eigenvalue weighted by Gasteiger charge is 2.27. The molecule has 2 rings (SSSR count). The van der Waals surface area contributed by atoms with E-state index in [1.165, 1.54) is 0 Å². The van der Waals surface area contributed by atoms with E-state index < -0.39 is 12.0 Å². The van der Waals surface area contributed by atoms with Gasteiger partial charge in [0.1, 0.15) is 17.8 Å². The molecule has 0 aromatic carbocycles. The van der Waals surface area contributed by atoms with E-state index in [1.807, 2.05) is 11.0 Å². The zero-order chi connectivity index (χ0) is 13.0. The van der Waals surface area contributed by atoms with Crippen molar-refractivity contribution in [1.82, 2.24) is 4.98 Å². The molecule has 0 aliphatic carbocycles. The fraction of sp³-hybridized carbons (Fsp3) is 0.462. The molecule has 1 fully saturated rings. The number of nitriles is 1. The summed E-state index contributed by atoms with van der Waals surface area (Å²) in [6, 6.07) is 4.87. The molecule has 1 saturated heterocycles. The molecule has 1 aliphatic rings. The summed E-state index contributed by atoms with van der Waals surface area (Å²) >= 11 is 0. The predicted octanol–water partition coefficient (Wildman–Crippen LogP) is 1.79. The van der Waals surface area contributed by atoms with Gasteiger partial charge in [0.2, 0.25) is 0 Å². The van der Waals surface area contributed by atoms with Gasteiger partial charge in [-0.1, -0.05) is 12.8 Å². The normalized spacial score (nSPS) is 19.9. The molecule has 1 atom stereocenters. The number of aliphatic carboxylic acids is 1. The van der Waals surface area contributed by atoms with Crippen molar-refractivity contribution in [3.63, 3.8) is 0 Å². The Labute approximate surface area is 106 Å². The molecule has 0 amide bonds. The first-order valence-corrected chi connectivity index (χ1v) is 6.08. The maximum absolute atomic E-state index is 11.3. The van der Waals surface area contributed by atoms with Gasteiger partial charge in [-0.25, -0.2) is 9.78 Å². The van der Waals surface area contributed by atoms with Gasteiger partial charge in [-0.05, 0) is 25.0 Å². The predicted molar refractivity (Wildman–Crippen MR) is 66.2 cm³/mol. The minimum atomic E-state index is -0.791. The third-order valence-electron chi connectivity index (χ3n) is 3.23. The Balaban J connectivity index is 2.26. The Bertz CT molecular complexity index is 464. The Kier molecular flexibility index (Phi) is 3.78. The second kappa shape index (κ2) is 5.50. The molecule has 0 saturated carbocycles. The van der Waals surface area contributed by atoms with Crippen molar-refractivity contribution in [2.75, 3.05) is 11.4 Å². The zero-order valence-corrected chi connectivity index (χ0v) is 10.0. The summed E-state index contributed by atoms with van der Waals surface area (Å²) < 4.78 is 0. The molecule has 1 aromatic rings. The summed E-state index contributed by atoms with van der Waals surface area (Å²) in [5, 5.41) is 18.0. The van der Waals surface area contributed by atoms with Gasteiger partial charge in [0.15, 0.2) is 0 Å². The first-order valence-electron chi connectivity index (χ1n) is 6.08. The third-order valence-corrected chi connectivity index (χ3v) is 3.23. The van der Waals surface area contributed by atoms with Gasteiger partial charge in [-0.15, -0.1) is 0 Å². The van der Waals surface area contributed by atoms with E-state index in [4.69, 9.17) is 5.26 Å². The Hall–Kier alpha value is -2.09. The highest BCUT2D eigenvalue weighted by Crippen LogP contribution is 2.23. The van der Waals surface area contributed by atoms with Crippen LogP contribution in [0, 0.1) is 11.3 Å². The number of rotatable bonds is 2. The van der Waals surface area contributed by atoms with Gasteiger partial charge < -0.3 is 10.0 Å². The van der Waals surface area contributed by atoms with E-state index in [0.717, 1.165) is 31.5 Å². The van der Waals surface area contributed by atoms with Crippen molar-refractivity contribution in [2.45, 2.75) is 31.7 Å². The lowest BCUT2D eigenvalue weighted by molar-refractivity contribution is -0.138. The first kappa shape index (κ1) is 12.4. The smallest absolute Gasteiger partial charge is 0.326 e. The topological polar surface area (TPSA) is 77.2 Å². The van der Waals surface area contributed by atoms with Gasteiger partial charge in [0.05, 0.1) is 11.9 Å². The van der Waals surface area contributed by atoms with Crippen LogP contribution < -0.4 is 4.90 Å². The quantitative estimate of drug-likeness (QED) is 0.859. The second-order valence-corrected chi connectivity index (χ2v) is 4.41. The largest absolute Gasteiger partial charge is 0.480 e. The number of hydrogen-bond donors (Lipinski definition) is 1. The summed E-state index contributed by atoms with van der Waals surface area (Å²) in [7, 11) is 0. The molecule has 0 spiro atoms. The Morgan fingerprint density at radius 1 is 1.44 bits per heavy atom. The van der Waals surface area contributed by atoms with E-state index in [9.17, 15) is 9.90 Å².